The van der Waals surface area contributed by atoms with E-state index in [-0.39, 0.29) is 23.8 Å². The molecule has 128 valence electrons. The molecule has 6 nitrogen and oxygen atoms in total. The Morgan fingerprint density at radius 2 is 2.08 bits per heavy atom. The molecule has 1 amide bonds. The van der Waals surface area contributed by atoms with Crippen LogP contribution in [-0.4, -0.2) is 50.4 Å². The van der Waals surface area contributed by atoms with Crippen molar-refractivity contribution in [3.63, 3.8) is 0 Å². The second-order valence-corrected chi connectivity index (χ2v) is 6.75. The van der Waals surface area contributed by atoms with E-state index in [0.29, 0.717) is 17.4 Å². The number of benzene rings is 1. The van der Waals surface area contributed by atoms with E-state index >= 15 is 0 Å². The van der Waals surface area contributed by atoms with Gasteiger partial charge in [-0.25, -0.2) is 9.67 Å². The number of rotatable bonds is 4. The maximum atomic E-state index is 12.6. The fourth-order valence-corrected chi connectivity index (χ4v) is 3.27. The molecule has 2 atom stereocenters. The van der Waals surface area contributed by atoms with Crippen molar-refractivity contribution in [2.75, 3.05) is 13.6 Å². The van der Waals surface area contributed by atoms with Crippen molar-refractivity contribution in [3.8, 4) is 5.69 Å². The van der Waals surface area contributed by atoms with Gasteiger partial charge in [-0.1, -0.05) is 18.0 Å². The Hall–Kier alpha value is -1.92. The highest BCUT2D eigenvalue weighted by atomic mass is 35.5. The van der Waals surface area contributed by atoms with Crippen molar-refractivity contribution < 1.29 is 9.90 Å². The van der Waals surface area contributed by atoms with E-state index in [1.165, 1.54) is 0 Å². The zero-order valence-electron chi connectivity index (χ0n) is 13.8. The van der Waals surface area contributed by atoms with Crippen LogP contribution in [0.1, 0.15) is 35.7 Å². The summed E-state index contributed by atoms with van der Waals surface area (Å²) in [7, 11) is 1.73. The largest absolute Gasteiger partial charge is 0.393 e. The highest BCUT2D eigenvalue weighted by Crippen LogP contribution is 2.26. The molecule has 7 heteroatoms. The lowest BCUT2D eigenvalue weighted by Crippen LogP contribution is -2.35. The quantitative estimate of drug-likeness (QED) is 0.921. The molecule has 24 heavy (non-hydrogen) atoms. The third kappa shape index (κ3) is 3.44. The Balaban J connectivity index is 1.76. The molecule has 0 spiro atoms. The summed E-state index contributed by atoms with van der Waals surface area (Å²) in [5.74, 6) is 0.704. The number of aromatic nitrogens is 3. The lowest BCUT2D eigenvalue weighted by Gasteiger charge is -2.22. The third-order valence-corrected chi connectivity index (χ3v) is 4.76. The zero-order chi connectivity index (χ0) is 17.3. The molecule has 0 bridgehead atoms. The van der Waals surface area contributed by atoms with E-state index in [1.807, 2.05) is 12.1 Å². The van der Waals surface area contributed by atoms with Crippen molar-refractivity contribution in [1.82, 2.24) is 19.7 Å². The smallest absolute Gasteiger partial charge is 0.293 e. The van der Waals surface area contributed by atoms with Crippen LogP contribution in [0, 0.1) is 12.8 Å². The average molecular weight is 349 g/mol. The first-order valence-corrected chi connectivity index (χ1v) is 8.46. The number of nitrogens with zero attached hydrogens (tertiary/aromatic N) is 4. The van der Waals surface area contributed by atoms with Crippen LogP contribution in [0.15, 0.2) is 24.3 Å². The molecule has 2 unspecified atom stereocenters. The molecule has 2 aromatic rings. The number of aryl methyl sites for hydroxylation is 1. The third-order valence-electron chi connectivity index (χ3n) is 4.51. The van der Waals surface area contributed by atoms with Crippen molar-refractivity contribution in [2.45, 2.75) is 32.3 Å². The normalized spacial score (nSPS) is 20.3. The topological polar surface area (TPSA) is 71.2 Å². The van der Waals surface area contributed by atoms with Crippen LogP contribution in [0.5, 0.6) is 0 Å². The van der Waals surface area contributed by atoms with Gasteiger partial charge < -0.3 is 10.0 Å². The first kappa shape index (κ1) is 16.9. The minimum atomic E-state index is -0.318. The SMILES string of the molecule is Cc1nc(C(=O)N(C)CC2CCCC2O)nn1-c1ccc(Cl)cc1. The molecule has 1 aliphatic rings. The molecule has 1 N–H and O–H groups in total. The lowest BCUT2D eigenvalue weighted by molar-refractivity contribution is 0.0682. The highest BCUT2D eigenvalue weighted by molar-refractivity contribution is 6.30. The number of carbonyl (C=O) groups excluding carboxylic acids is 1. The molecule has 0 radical (unpaired) electrons. The van der Waals surface area contributed by atoms with E-state index < -0.39 is 0 Å². The highest BCUT2D eigenvalue weighted by Gasteiger charge is 2.29. The van der Waals surface area contributed by atoms with Crippen LogP contribution in [0.25, 0.3) is 5.69 Å². The number of aliphatic hydroxyl groups excluding tert-OH is 1. The first-order valence-electron chi connectivity index (χ1n) is 8.09. The van der Waals surface area contributed by atoms with Crippen LogP contribution >= 0.6 is 11.6 Å². The lowest BCUT2D eigenvalue weighted by atomic mass is 10.1. The maximum Gasteiger partial charge on any atom is 0.293 e. The predicted octanol–water partition coefficient (Wildman–Crippen LogP) is 2.46. The average Bonchev–Trinajstić information content (AvgIpc) is 3.14. The van der Waals surface area contributed by atoms with E-state index in [1.54, 1.807) is 35.7 Å². The summed E-state index contributed by atoms with van der Waals surface area (Å²) < 4.78 is 1.63. The van der Waals surface area contributed by atoms with Crippen molar-refractivity contribution in [2.24, 2.45) is 5.92 Å². The Labute approximate surface area is 146 Å². The summed E-state index contributed by atoms with van der Waals surface area (Å²) in [6, 6.07) is 7.20. The van der Waals surface area contributed by atoms with Gasteiger partial charge in [-0.15, -0.1) is 5.10 Å². The second kappa shape index (κ2) is 6.91. The minimum Gasteiger partial charge on any atom is -0.393 e. The Morgan fingerprint density at radius 1 is 1.38 bits per heavy atom. The van der Waals surface area contributed by atoms with Crippen LogP contribution in [0.4, 0.5) is 0 Å². The van der Waals surface area contributed by atoms with Crippen LogP contribution < -0.4 is 0 Å². The summed E-state index contributed by atoms with van der Waals surface area (Å²) in [6.07, 6.45) is 2.46. The molecule has 0 aliphatic heterocycles. The molecular formula is C17H21ClN4O2. The molecule has 1 fully saturated rings. The van der Waals surface area contributed by atoms with Gasteiger partial charge in [-0.05, 0) is 44.0 Å². The minimum absolute atomic E-state index is 0.137. The molecule has 1 aromatic carbocycles. The molecule has 0 saturated heterocycles. The zero-order valence-corrected chi connectivity index (χ0v) is 14.6. The van der Waals surface area contributed by atoms with Crippen molar-refractivity contribution in [1.29, 1.82) is 0 Å². The standard InChI is InChI=1S/C17H21ClN4O2/c1-11-19-16(20-22(11)14-8-6-13(18)7-9-14)17(24)21(2)10-12-4-3-5-15(12)23/h6-9,12,15,23H,3-5,10H2,1-2H3. The Morgan fingerprint density at radius 3 is 2.71 bits per heavy atom. The number of amides is 1. The fraction of sp³-hybridized carbons (Fsp3) is 0.471. The van der Waals surface area contributed by atoms with E-state index in [0.717, 1.165) is 24.9 Å². The van der Waals surface area contributed by atoms with E-state index in [2.05, 4.69) is 10.1 Å². The molecule has 1 aliphatic carbocycles. The van der Waals surface area contributed by atoms with Gasteiger partial charge in [0.1, 0.15) is 5.82 Å². The summed E-state index contributed by atoms with van der Waals surface area (Å²) in [5, 5.41) is 14.9. The second-order valence-electron chi connectivity index (χ2n) is 6.31. The van der Waals surface area contributed by atoms with Gasteiger partial charge >= 0.3 is 0 Å². The summed E-state index contributed by atoms with van der Waals surface area (Å²) in [5.41, 5.74) is 0.803. The molecule has 1 heterocycles. The maximum absolute atomic E-state index is 12.6. The van der Waals surface area contributed by atoms with E-state index in [4.69, 9.17) is 11.6 Å². The van der Waals surface area contributed by atoms with Crippen LogP contribution in [0.2, 0.25) is 5.02 Å². The van der Waals surface area contributed by atoms with E-state index in [9.17, 15) is 9.90 Å². The fourth-order valence-electron chi connectivity index (χ4n) is 3.14. The van der Waals surface area contributed by atoms with Gasteiger partial charge in [-0.3, -0.25) is 4.79 Å². The number of hydrogen-bond acceptors (Lipinski definition) is 4. The first-order chi connectivity index (χ1) is 11.5. The predicted molar refractivity (Wildman–Crippen MR) is 91.4 cm³/mol. The molecular weight excluding hydrogens is 328 g/mol. The summed E-state index contributed by atoms with van der Waals surface area (Å²) in [6.45, 7) is 2.33. The summed E-state index contributed by atoms with van der Waals surface area (Å²) in [4.78, 5) is 18.5. The van der Waals surface area contributed by atoms with Gasteiger partial charge in [-0.2, -0.15) is 0 Å². The van der Waals surface area contributed by atoms with Gasteiger partial charge in [0, 0.05) is 24.5 Å². The van der Waals surface area contributed by atoms with Gasteiger partial charge in [0.2, 0.25) is 5.82 Å². The van der Waals surface area contributed by atoms with Crippen molar-refractivity contribution >= 4 is 17.5 Å². The molecule has 3 rings (SSSR count). The monoisotopic (exact) mass is 348 g/mol. The van der Waals surface area contributed by atoms with Crippen molar-refractivity contribution in [3.05, 3.63) is 40.9 Å². The number of halogens is 1. The molecule has 1 aromatic heterocycles. The number of aliphatic hydroxyl groups is 1. The number of carbonyl (C=O) groups is 1. The Bertz CT molecular complexity index is 729. The van der Waals surface area contributed by atoms with Gasteiger partial charge in [0.25, 0.3) is 5.91 Å². The van der Waals surface area contributed by atoms with Crippen LogP contribution in [-0.2, 0) is 0 Å². The van der Waals surface area contributed by atoms with Gasteiger partial charge in [0.15, 0.2) is 0 Å². The summed E-state index contributed by atoms with van der Waals surface area (Å²) >= 11 is 5.90. The van der Waals surface area contributed by atoms with Crippen LogP contribution in [0.3, 0.4) is 0 Å². The molecule has 1 saturated carbocycles. The number of hydrogen-bond donors (Lipinski definition) is 1. The Kier molecular flexibility index (Phi) is 4.87. The van der Waals surface area contributed by atoms with Gasteiger partial charge in [0.05, 0.1) is 11.8 Å².